The summed E-state index contributed by atoms with van der Waals surface area (Å²) < 4.78 is 26.6. The Hall–Kier alpha value is -3.74. The minimum atomic E-state index is -0.534. The maximum atomic E-state index is 14.4. The third-order valence-corrected chi connectivity index (χ3v) is 10.00. The first-order chi connectivity index (χ1) is 20.9. The van der Waals surface area contributed by atoms with Gasteiger partial charge in [0.15, 0.2) is 0 Å². The third-order valence-electron chi connectivity index (χ3n) is 8.69. The molecule has 3 aliphatic rings. The zero-order chi connectivity index (χ0) is 29.7. The fourth-order valence-corrected chi connectivity index (χ4v) is 7.37. The van der Waals surface area contributed by atoms with E-state index in [-0.39, 0.29) is 30.0 Å². The molecule has 2 aliphatic heterocycles. The summed E-state index contributed by atoms with van der Waals surface area (Å²) >= 11 is 1.32. The molecule has 1 amide bonds. The van der Waals surface area contributed by atoms with Gasteiger partial charge < -0.3 is 23.5 Å². The molecule has 1 unspecified atom stereocenters. The molecule has 1 saturated carbocycles. The van der Waals surface area contributed by atoms with Crippen molar-refractivity contribution in [3.63, 3.8) is 0 Å². The number of carbonyl (C=O) groups is 1. The van der Waals surface area contributed by atoms with Crippen molar-refractivity contribution in [3.8, 4) is 16.5 Å². The van der Waals surface area contributed by atoms with E-state index >= 15 is 0 Å². The van der Waals surface area contributed by atoms with Gasteiger partial charge in [-0.15, -0.1) is 11.3 Å². The van der Waals surface area contributed by atoms with Gasteiger partial charge in [-0.3, -0.25) is 18.7 Å². The van der Waals surface area contributed by atoms with E-state index in [1.807, 2.05) is 31.2 Å². The van der Waals surface area contributed by atoms with Crippen molar-refractivity contribution in [1.29, 1.82) is 0 Å². The zero-order valence-corrected chi connectivity index (χ0v) is 25.0. The lowest BCUT2D eigenvalue weighted by Crippen LogP contribution is -2.57. The Labute approximate surface area is 251 Å². The predicted molar refractivity (Wildman–Crippen MR) is 160 cm³/mol. The van der Waals surface area contributed by atoms with Crippen molar-refractivity contribution >= 4 is 27.5 Å². The summed E-state index contributed by atoms with van der Waals surface area (Å²) in [4.78, 5) is 48.4. The average Bonchev–Trinajstić information content (AvgIpc) is 3.60. The average molecular weight is 607 g/mol. The normalized spacial score (nSPS) is 18.6. The summed E-state index contributed by atoms with van der Waals surface area (Å²) in [5, 5.41) is 0.453. The highest BCUT2D eigenvalue weighted by atomic mass is 32.1. The fraction of sp³-hybridized carbons (Fsp3) is 0.484. The summed E-state index contributed by atoms with van der Waals surface area (Å²) in [6, 6.07) is 7.25. The molecular weight excluding hydrogens is 572 g/mol. The van der Waals surface area contributed by atoms with Crippen LogP contribution in [0.1, 0.15) is 49.0 Å². The van der Waals surface area contributed by atoms with E-state index in [0.29, 0.717) is 58.6 Å². The summed E-state index contributed by atoms with van der Waals surface area (Å²) in [7, 11) is 1.62. The number of likely N-dealkylation sites (tertiary alicyclic amines) is 1. The summed E-state index contributed by atoms with van der Waals surface area (Å²) in [5.41, 5.74) is 0.752. The number of carbonyl (C=O) groups excluding carboxylic acids is 1. The van der Waals surface area contributed by atoms with Crippen LogP contribution in [-0.2, 0) is 20.8 Å². The lowest BCUT2D eigenvalue weighted by molar-refractivity contribution is -0.138. The van der Waals surface area contributed by atoms with Gasteiger partial charge in [0.25, 0.3) is 5.56 Å². The van der Waals surface area contributed by atoms with Crippen molar-refractivity contribution in [1.82, 2.24) is 19.0 Å². The van der Waals surface area contributed by atoms with Crippen LogP contribution in [0.25, 0.3) is 21.0 Å². The Balaban J connectivity index is 1.35. The van der Waals surface area contributed by atoms with Crippen molar-refractivity contribution in [2.24, 2.45) is 5.92 Å². The fourth-order valence-electron chi connectivity index (χ4n) is 6.13. The number of aryl methyl sites for hydroxylation is 1. The summed E-state index contributed by atoms with van der Waals surface area (Å²) in [6.45, 7) is 3.94. The number of hydrogen-bond acceptors (Lipinski definition) is 9. The number of aromatic nitrogens is 3. The molecule has 3 aromatic heterocycles. The molecule has 1 aromatic carbocycles. The van der Waals surface area contributed by atoms with Gasteiger partial charge in [0, 0.05) is 37.8 Å². The van der Waals surface area contributed by atoms with Gasteiger partial charge in [0.1, 0.15) is 22.9 Å². The Morgan fingerprint density at radius 1 is 1.14 bits per heavy atom. The van der Waals surface area contributed by atoms with Gasteiger partial charge in [0.05, 0.1) is 42.3 Å². The molecule has 11 nitrogen and oxygen atoms in total. The molecule has 0 radical (unpaired) electrons. The van der Waals surface area contributed by atoms with Crippen LogP contribution in [-0.4, -0.2) is 64.4 Å². The first-order valence-corrected chi connectivity index (χ1v) is 15.6. The highest BCUT2D eigenvalue weighted by Crippen LogP contribution is 2.38. The lowest BCUT2D eigenvalue weighted by atomic mass is 10.1. The number of hydrogen-bond donors (Lipinski definition) is 0. The number of oxazole rings is 1. The summed E-state index contributed by atoms with van der Waals surface area (Å²) in [5.74, 6) is 1.26. The predicted octanol–water partition coefficient (Wildman–Crippen LogP) is 3.93. The topological polar surface area (TPSA) is 118 Å². The van der Waals surface area contributed by atoms with E-state index in [0.717, 1.165) is 31.2 Å². The molecule has 226 valence electrons. The first-order valence-electron chi connectivity index (χ1n) is 14.8. The molecule has 5 heterocycles. The van der Waals surface area contributed by atoms with E-state index in [2.05, 4.69) is 4.98 Å². The number of methoxy groups -OCH3 is 1. The van der Waals surface area contributed by atoms with Crippen LogP contribution >= 0.6 is 11.3 Å². The number of rotatable bonds is 9. The zero-order valence-electron chi connectivity index (χ0n) is 24.2. The number of amides is 1. The second-order valence-electron chi connectivity index (χ2n) is 11.5. The third kappa shape index (κ3) is 5.11. The van der Waals surface area contributed by atoms with Crippen LogP contribution in [0.4, 0.5) is 0 Å². The van der Waals surface area contributed by atoms with Gasteiger partial charge in [-0.2, -0.15) is 0 Å². The largest absolute Gasteiger partial charge is 0.496 e. The maximum Gasteiger partial charge on any atom is 0.332 e. The minimum absolute atomic E-state index is 0.0534. The van der Waals surface area contributed by atoms with Gasteiger partial charge in [-0.25, -0.2) is 9.78 Å². The molecule has 0 N–H and O–H groups in total. The second kappa shape index (κ2) is 11.4. The van der Waals surface area contributed by atoms with Crippen LogP contribution in [0.5, 0.6) is 5.75 Å². The van der Waals surface area contributed by atoms with Crippen LogP contribution in [0.15, 0.2) is 50.7 Å². The number of thiophene rings is 1. The monoisotopic (exact) mass is 606 g/mol. The summed E-state index contributed by atoms with van der Waals surface area (Å²) in [6.07, 6.45) is 5.77. The molecule has 3 fully saturated rings. The second-order valence-corrected chi connectivity index (χ2v) is 12.5. The molecule has 1 aliphatic carbocycles. The van der Waals surface area contributed by atoms with Crippen LogP contribution < -0.4 is 16.0 Å². The van der Waals surface area contributed by atoms with Gasteiger partial charge >= 0.3 is 5.69 Å². The van der Waals surface area contributed by atoms with Crippen molar-refractivity contribution < 1.29 is 23.4 Å². The lowest BCUT2D eigenvalue weighted by Gasteiger charge is -2.40. The SMILES string of the molecule is COc1ccccc1C(Cn1c(=O)n(C2CN(C(=O)C3CC3)C2)c(=O)c2c(C)c(-c3ncco3)sc21)OC1CCOCC1. The maximum absolute atomic E-state index is 14.4. The number of nitrogens with zero attached hydrogens (tertiary/aromatic N) is 4. The number of para-hydroxylation sites is 1. The Kier molecular flexibility index (Phi) is 7.44. The van der Waals surface area contributed by atoms with E-state index in [9.17, 15) is 14.4 Å². The molecule has 4 aromatic rings. The van der Waals surface area contributed by atoms with Crippen LogP contribution in [0, 0.1) is 12.8 Å². The molecule has 0 spiro atoms. The van der Waals surface area contributed by atoms with E-state index in [1.54, 1.807) is 22.8 Å². The number of fused-ring (bicyclic) bond motifs is 1. The molecule has 43 heavy (non-hydrogen) atoms. The van der Waals surface area contributed by atoms with E-state index in [1.165, 1.54) is 22.2 Å². The molecule has 12 heteroatoms. The Morgan fingerprint density at radius 3 is 2.60 bits per heavy atom. The Morgan fingerprint density at radius 2 is 1.91 bits per heavy atom. The van der Waals surface area contributed by atoms with Crippen molar-refractivity contribution in [2.75, 3.05) is 33.4 Å². The Bertz CT molecular complexity index is 1760. The van der Waals surface area contributed by atoms with Crippen molar-refractivity contribution in [3.05, 3.63) is 68.7 Å². The van der Waals surface area contributed by atoms with Crippen LogP contribution in [0.2, 0.25) is 0 Å². The minimum Gasteiger partial charge on any atom is -0.496 e. The van der Waals surface area contributed by atoms with Gasteiger partial charge in [-0.1, -0.05) is 18.2 Å². The molecule has 7 rings (SSSR count). The number of benzene rings is 1. The standard InChI is InChI=1S/C31H34N4O7S/c1-18-25-29(37)35(20-15-33(16-20)28(36)19-7-8-19)31(38)34(30(25)43-26(18)27-32-11-14-41-27)17-24(42-21-9-12-40-13-10-21)22-5-3-4-6-23(22)39-2/h3-6,11,14,19-21,24H,7-10,12-13,15-17H2,1-2H3. The molecule has 2 saturated heterocycles. The number of ether oxygens (including phenoxy) is 3. The smallest absolute Gasteiger partial charge is 0.332 e. The van der Waals surface area contributed by atoms with Gasteiger partial charge in [-0.05, 0) is 44.2 Å². The van der Waals surface area contributed by atoms with Crippen LogP contribution in [0.3, 0.4) is 0 Å². The van der Waals surface area contributed by atoms with Crippen molar-refractivity contribution in [2.45, 2.75) is 57.4 Å². The van der Waals surface area contributed by atoms with E-state index < -0.39 is 17.8 Å². The molecule has 1 atom stereocenters. The molecular formula is C31H34N4O7S. The highest BCUT2D eigenvalue weighted by molar-refractivity contribution is 7.22. The van der Waals surface area contributed by atoms with E-state index in [4.69, 9.17) is 18.6 Å². The first kappa shape index (κ1) is 28.1. The highest BCUT2D eigenvalue weighted by Gasteiger charge is 2.41. The van der Waals surface area contributed by atoms with Gasteiger partial charge in [0.2, 0.25) is 11.8 Å². The quantitative estimate of drug-likeness (QED) is 0.281. The molecule has 0 bridgehead atoms.